The van der Waals surface area contributed by atoms with Gasteiger partial charge in [-0.15, -0.1) is 0 Å². The number of amides is 1. The summed E-state index contributed by atoms with van der Waals surface area (Å²) in [4.78, 5) is 28.3. The van der Waals surface area contributed by atoms with Gasteiger partial charge in [-0.25, -0.2) is 0 Å². The maximum absolute atomic E-state index is 12.2. The van der Waals surface area contributed by atoms with Crippen molar-refractivity contribution in [2.75, 3.05) is 11.9 Å². The van der Waals surface area contributed by atoms with Gasteiger partial charge < -0.3 is 16.2 Å². The summed E-state index contributed by atoms with van der Waals surface area (Å²) < 4.78 is 0. The van der Waals surface area contributed by atoms with Gasteiger partial charge in [0.15, 0.2) is 0 Å². The van der Waals surface area contributed by atoms with Crippen LogP contribution < -0.4 is 11.1 Å². The van der Waals surface area contributed by atoms with Gasteiger partial charge in [-0.05, 0) is 67.3 Å². The molecule has 1 heterocycles. The fraction of sp³-hybridized carbons (Fsp3) is 0.520. The molecule has 1 amide bonds. The van der Waals surface area contributed by atoms with E-state index < -0.39 is 10.8 Å². The second kappa shape index (κ2) is 8.41. The van der Waals surface area contributed by atoms with Crippen molar-refractivity contribution in [2.24, 2.45) is 28.9 Å². The molecule has 4 bridgehead atoms. The van der Waals surface area contributed by atoms with Gasteiger partial charge >= 0.3 is 5.69 Å². The van der Waals surface area contributed by atoms with Crippen molar-refractivity contribution in [3.63, 3.8) is 0 Å². The number of nitrogens with two attached hydrogens (primary N) is 1. The molecule has 2 atom stereocenters. The molecule has 4 fully saturated rings. The number of carbonyl (C=O) groups excluding carboxylic acids is 1. The van der Waals surface area contributed by atoms with Gasteiger partial charge in [0, 0.05) is 25.3 Å². The van der Waals surface area contributed by atoms with Crippen LogP contribution in [0.5, 0.6) is 0 Å². The normalized spacial score (nSPS) is 29.7. The van der Waals surface area contributed by atoms with Gasteiger partial charge in [-0.1, -0.05) is 30.3 Å². The number of aliphatic hydroxyl groups is 1. The summed E-state index contributed by atoms with van der Waals surface area (Å²) in [6.07, 6.45) is 7.40. The molecule has 0 aliphatic heterocycles. The minimum atomic E-state index is -0.724. The lowest BCUT2D eigenvalue weighted by Crippen LogP contribution is -2.57. The number of rotatable bonds is 8. The number of nitrogens with zero attached hydrogens (tertiary/aromatic N) is 2. The van der Waals surface area contributed by atoms with Crippen molar-refractivity contribution in [3.05, 3.63) is 63.5 Å². The summed E-state index contributed by atoms with van der Waals surface area (Å²) in [7, 11) is 0. The molecule has 2 aromatic rings. The molecule has 8 nitrogen and oxygen atoms in total. The van der Waals surface area contributed by atoms with Gasteiger partial charge in [-0.3, -0.25) is 19.9 Å². The number of anilines is 1. The predicted octanol–water partition coefficient (Wildman–Crippen LogP) is 3.47. The number of primary amides is 1. The number of hydrogen-bond acceptors (Lipinski definition) is 6. The Kier molecular flexibility index (Phi) is 5.56. The van der Waals surface area contributed by atoms with E-state index >= 15 is 0 Å². The first kappa shape index (κ1) is 21.8. The van der Waals surface area contributed by atoms with E-state index in [0.717, 1.165) is 37.7 Å². The Bertz CT molecular complexity index is 1060. The van der Waals surface area contributed by atoms with E-state index in [2.05, 4.69) is 10.3 Å². The molecule has 174 valence electrons. The van der Waals surface area contributed by atoms with Crippen molar-refractivity contribution in [1.82, 2.24) is 4.98 Å². The van der Waals surface area contributed by atoms with E-state index in [9.17, 15) is 20.0 Å². The van der Waals surface area contributed by atoms with E-state index in [1.165, 1.54) is 6.20 Å². The summed E-state index contributed by atoms with van der Waals surface area (Å²) in [6, 6.07) is 9.79. The number of hydrogen-bond donors (Lipinski definition) is 3. The van der Waals surface area contributed by atoms with E-state index in [4.69, 9.17) is 5.73 Å². The van der Waals surface area contributed by atoms with Crippen LogP contribution in [-0.4, -0.2) is 33.6 Å². The first-order chi connectivity index (χ1) is 15.9. The highest BCUT2D eigenvalue weighted by atomic mass is 16.6. The van der Waals surface area contributed by atoms with Crippen LogP contribution in [0.25, 0.3) is 0 Å². The third kappa shape index (κ3) is 3.97. The number of aryl methyl sites for hydroxylation is 2. The molecule has 0 radical (unpaired) electrons. The van der Waals surface area contributed by atoms with E-state index in [1.54, 1.807) is 0 Å². The lowest BCUT2D eigenvalue weighted by molar-refractivity contribution is -0.385. The van der Waals surface area contributed by atoms with Crippen LogP contribution in [0.3, 0.4) is 0 Å². The first-order valence-electron chi connectivity index (χ1n) is 11.8. The minimum Gasteiger partial charge on any atom is -0.396 e. The molecule has 33 heavy (non-hydrogen) atoms. The average Bonchev–Trinajstić information content (AvgIpc) is 2.79. The Morgan fingerprint density at radius 3 is 2.48 bits per heavy atom. The van der Waals surface area contributed by atoms with Crippen molar-refractivity contribution in [1.29, 1.82) is 0 Å². The maximum Gasteiger partial charge on any atom is 0.314 e. The highest BCUT2D eigenvalue weighted by Gasteiger charge is 2.55. The fourth-order valence-electron chi connectivity index (χ4n) is 6.95. The summed E-state index contributed by atoms with van der Waals surface area (Å²) in [5.41, 5.74) is 7.16. The lowest BCUT2D eigenvalue weighted by Gasteiger charge is -2.59. The summed E-state index contributed by atoms with van der Waals surface area (Å²) in [5.74, 6) is 0.532. The van der Waals surface area contributed by atoms with Crippen molar-refractivity contribution >= 4 is 17.3 Å². The van der Waals surface area contributed by atoms with Gasteiger partial charge in [-0.2, -0.15) is 0 Å². The first-order valence-corrected chi connectivity index (χ1v) is 11.8. The van der Waals surface area contributed by atoms with E-state index in [0.29, 0.717) is 36.3 Å². The number of nitro groups is 1. The standard InChI is InChI=1S/C25H30N4O4/c26-24(31)19-13-27-20(7-6-15-4-2-1-3-5-15)23(29(32)33)22(19)28-21-17-8-16-9-18(21)12-25(10-16,11-17)14-30/h1-5,13,16-18,21,30H,6-12,14H2,(H2,26,31)(H,27,28). The lowest BCUT2D eigenvalue weighted by atomic mass is 9.48. The number of carbonyl (C=O) groups is 1. The number of pyridine rings is 1. The fourth-order valence-corrected chi connectivity index (χ4v) is 6.95. The number of aromatic nitrogens is 1. The van der Waals surface area contributed by atoms with Crippen molar-refractivity contribution in [3.8, 4) is 0 Å². The highest BCUT2D eigenvalue weighted by molar-refractivity contribution is 6.00. The second-order valence-electron chi connectivity index (χ2n) is 10.2. The Hall–Kier alpha value is -3.00. The maximum atomic E-state index is 12.2. The monoisotopic (exact) mass is 450 g/mol. The summed E-state index contributed by atoms with van der Waals surface area (Å²) in [6.45, 7) is 0.203. The molecule has 1 aromatic heterocycles. The van der Waals surface area contributed by atoms with Crippen LogP contribution in [0.4, 0.5) is 11.4 Å². The average molecular weight is 451 g/mol. The minimum absolute atomic E-state index is 0.00772. The zero-order chi connectivity index (χ0) is 23.2. The zero-order valence-electron chi connectivity index (χ0n) is 18.6. The van der Waals surface area contributed by atoms with E-state index in [-0.39, 0.29) is 35.0 Å². The second-order valence-corrected chi connectivity index (χ2v) is 10.2. The van der Waals surface area contributed by atoms with Crippen LogP contribution in [0.15, 0.2) is 36.5 Å². The molecular formula is C25H30N4O4. The van der Waals surface area contributed by atoms with Crippen molar-refractivity contribution < 1.29 is 14.8 Å². The molecule has 0 spiro atoms. The van der Waals surface area contributed by atoms with Gasteiger partial charge in [0.05, 0.1) is 10.5 Å². The van der Waals surface area contributed by atoms with Crippen LogP contribution in [0.1, 0.15) is 53.7 Å². The third-order valence-electron chi connectivity index (χ3n) is 8.12. The Labute approximate surface area is 192 Å². The quantitative estimate of drug-likeness (QED) is 0.417. The summed E-state index contributed by atoms with van der Waals surface area (Å²) >= 11 is 0. The molecule has 6 rings (SSSR count). The molecule has 4 aliphatic rings. The molecule has 2 unspecified atom stereocenters. The molecule has 4 aliphatic carbocycles. The molecule has 1 aromatic carbocycles. The highest BCUT2D eigenvalue weighted by Crippen LogP contribution is 2.60. The van der Waals surface area contributed by atoms with Gasteiger partial charge in [0.25, 0.3) is 5.91 Å². The van der Waals surface area contributed by atoms with Gasteiger partial charge in [0.2, 0.25) is 0 Å². The number of aliphatic hydroxyl groups excluding tert-OH is 1. The number of nitrogens with one attached hydrogen (secondary N) is 1. The smallest absolute Gasteiger partial charge is 0.314 e. The molecular weight excluding hydrogens is 420 g/mol. The zero-order valence-corrected chi connectivity index (χ0v) is 18.6. The van der Waals surface area contributed by atoms with Gasteiger partial charge in [0.1, 0.15) is 11.4 Å². The summed E-state index contributed by atoms with van der Waals surface area (Å²) in [5, 5.41) is 25.7. The van der Waals surface area contributed by atoms with Crippen LogP contribution in [0.2, 0.25) is 0 Å². The Morgan fingerprint density at radius 1 is 1.18 bits per heavy atom. The topological polar surface area (TPSA) is 131 Å². The SMILES string of the molecule is NC(=O)c1cnc(CCc2ccccc2)c([N+](=O)[O-])c1NC1C2CC3CC1CC(CO)(C3)C2. The molecule has 8 heteroatoms. The molecule has 0 saturated heterocycles. The van der Waals surface area contributed by atoms with Crippen LogP contribution in [0, 0.1) is 33.3 Å². The largest absolute Gasteiger partial charge is 0.396 e. The van der Waals surface area contributed by atoms with E-state index in [1.807, 2.05) is 30.3 Å². The predicted molar refractivity (Wildman–Crippen MR) is 124 cm³/mol. The van der Waals surface area contributed by atoms with Crippen LogP contribution >= 0.6 is 0 Å². The van der Waals surface area contributed by atoms with Crippen LogP contribution in [-0.2, 0) is 12.8 Å². The number of benzene rings is 1. The molecule has 4 saturated carbocycles. The Balaban J connectivity index is 1.48. The van der Waals surface area contributed by atoms with Crippen molar-refractivity contribution in [2.45, 2.75) is 51.0 Å². The third-order valence-corrected chi connectivity index (χ3v) is 8.12. The molecule has 4 N–H and O–H groups in total. The Morgan fingerprint density at radius 2 is 1.88 bits per heavy atom.